The molecule has 0 radical (unpaired) electrons. The summed E-state index contributed by atoms with van der Waals surface area (Å²) in [4.78, 5) is 9.92. The highest BCUT2D eigenvalue weighted by molar-refractivity contribution is 6.11. The van der Waals surface area contributed by atoms with Crippen molar-refractivity contribution in [2.75, 3.05) is 0 Å². The molecule has 0 bridgehead atoms. The molecule has 10 aromatic rings. The third-order valence-electron chi connectivity index (χ3n) is 8.76. The number of fused-ring (bicyclic) bond motifs is 6. The molecule has 0 spiro atoms. The first-order chi connectivity index (χ1) is 29.8. The molecule has 4 nitrogen and oxygen atoms in total. The van der Waals surface area contributed by atoms with Gasteiger partial charge in [-0.3, -0.25) is 0 Å². The summed E-state index contributed by atoms with van der Waals surface area (Å²) in [7, 11) is 0. The topological polar surface area (TPSA) is 43.9 Å². The third-order valence-corrected chi connectivity index (χ3v) is 8.76. The molecule has 10 rings (SSSR count). The molecule has 0 N–H and O–H groups in total. The lowest BCUT2D eigenvalue weighted by atomic mass is 10.00. The molecule has 234 valence electrons. The Balaban J connectivity index is 1.34. The van der Waals surface area contributed by atoms with Crippen molar-refractivity contribution < 1.29 is 20.9 Å². The number of hydrogen-bond donors (Lipinski definition) is 0. The Labute approximate surface area is 305 Å². The van der Waals surface area contributed by atoms with Crippen LogP contribution in [0.2, 0.25) is 0 Å². The molecule has 50 heavy (non-hydrogen) atoms. The van der Waals surface area contributed by atoms with Crippen molar-refractivity contribution in [2.45, 2.75) is 0 Å². The molecule has 0 aliphatic heterocycles. The maximum Gasteiger partial charge on any atom is 0.160 e. The molecule has 0 saturated carbocycles. The summed E-state index contributed by atoms with van der Waals surface area (Å²) < 4.78 is 114. The summed E-state index contributed by atoms with van der Waals surface area (Å²) in [6.45, 7) is 0. The second kappa shape index (κ2) is 11.4. The minimum Gasteiger partial charge on any atom is -0.455 e. The van der Waals surface area contributed by atoms with Gasteiger partial charge in [0, 0.05) is 43.9 Å². The number of rotatable bonds is 5. The van der Waals surface area contributed by atoms with Gasteiger partial charge in [-0.25, -0.2) is 9.97 Å². The smallest absolute Gasteiger partial charge is 0.160 e. The van der Waals surface area contributed by atoms with Crippen LogP contribution in [0.3, 0.4) is 0 Å². The molecule has 0 aliphatic carbocycles. The number of furan rings is 1. The minimum atomic E-state index is -0.718. The van der Waals surface area contributed by atoms with Gasteiger partial charge in [-0.05, 0) is 59.6 Å². The van der Waals surface area contributed by atoms with Crippen molar-refractivity contribution in [1.82, 2.24) is 14.5 Å². The van der Waals surface area contributed by atoms with Crippen molar-refractivity contribution in [3.63, 3.8) is 0 Å². The first-order valence-corrected chi connectivity index (χ1v) is 15.9. The Kier molecular flexibility index (Phi) is 4.27. The number of para-hydroxylation sites is 4. The average molecular weight is 652 g/mol. The van der Waals surface area contributed by atoms with Crippen LogP contribution in [-0.4, -0.2) is 14.5 Å². The Morgan fingerprint density at radius 1 is 0.500 bits per heavy atom. The molecule has 0 aliphatic rings. The van der Waals surface area contributed by atoms with Crippen molar-refractivity contribution in [2.24, 2.45) is 0 Å². The molecular weight excluding hydrogens is 611 g/mol. The number of hydrogen-bond acceptors (Lipinski definition) is 3. The lowest BCUT2D eigenvalue weighted by Gasteiger charge is -2.12. The van der Waals surface area contributed by atoms with Gasteiger partial charge in [0.2, 0.25) is 0 Å². The van der Waals surface area contributed by atoms with E-state index in [1.165, 1.54) is 0 Å². The van der Waals surface area contributed by atoms with E-state index < -0.39 is 78.2 Å². The van der Waals surface area contributed by atoms with Crippen LogP contribution in [0.5, 0.6) is 0 Å². The largest absolute Gasteiger partial charge is 0.455 e. The quantitative estimate of drug-likeness (QED) is 0.186. The summed E-state index contributed by atoms with van der Waals surface area (Å²) >= 11 is 0. The lowest BCUT2D eigenvalue weighted by Crippen LogP contribution is -1.97. The predicted octanol–water partition coefficient (Wildman–Crippen LogP) is 12.1. The number of aromatic nitrogens is 3. The van der Waals surface area contributed by atoms with E-state index in [1.54, 1.807) is 6.07 Å². The van der Waals surface area contributed by atoms with Gasteiger partial charge in [0.15, 0.2) is 5.82 Å². The van der Waals surface area contributed by atoms with Crippen molar-refractivity contribution in [3.8, 4) is 50.7 Å². The minimum absolute atomic E-state index is 0.154. The summed E-state index contributed by atoms with van der Waals surface area (Å²) in [5.74, 6) is -0.154. The monoisotopic (exact) mass is 651 g/mol. The molecule has 3 aromatic heterocycles. The Bertz CT molecular complexity index is 3540. The zero-order valence-electron chi connectivity index (χ0n) is 38.1. The number of benzene rings is 7. The Morgan fingerprint density at radius 2 is 1.22 bits per heavy atom. The van der Waals surface area contributed by atoms with Gasteiger partial charge in [-0.2, -0.15) is 0 Å². The van der Waals surface area contributed by atoms with Crippen LogP contribution in [-0.2, 0) is 0 Å². The second-order valence-electron chi connectivity index (χ2n) is 11.7. The third kappa shape index (κ3) is 4.61. The standard InChI is InChI=1S/C46H29N3O/c1-3-13-30(14-4-1)31-15-11-16-32(27-31)40-29-41(39-22-12-21-38-37-20-8-10-24-44(37)50-45(38)39)48-46(47-40)33-25-26-36-35-19-7-9-23-42(35)49(43(36)28-33)34-17-5-2-6-18-34/h1-29H/i2D,5D,6D,7D,9D,17D,18D,19D,23D,25D,26D,28D. The SMILES string of the molecule is [2H]c1c([2H])c([2H])c(-n2c3c([2H])c([2H])c([2H])c([2H])c3c3c([2H])c([2H])c(-c4nc(-c5cccc(-c6ccccc6)c5)cc(-c5cccc6c5oc5ccccc56)n4)c([2H])c32)c([2H])c1[2H]. The van der Waals surface area contributed by atoms with Crippen molar-refractivity contribution in [1.29, 1.82) is 0 Å². The van der Waals surface area contributed by atoms with Crippen LogP contribution >= 0.6 is 0 Å². The van der Waals surface area contributed by atoms with Gasteiger partial charge in [0.1, 0.15) is 11.2 Å². The molecule has 7 aromatic carbocycles. The molecule has 0 atom stereocenters. The fourth-order valence-corrected chi connectivity index (χ4v) is 6.48. The zero-order valence-corrected chi connectivity index (χ0v) is 26.1. The highest BCUT2D eigenvalue weighted by atomic mass is 16.3. The van der Waals surface area contributed by atoms with Crippen LogP contribution in [0.1, 0.15) is 16.4 Å². The van der Waals surface area contributed by atoms with Crippen molar-refractivity contribution >= 4 is 43.7 Å². The van der Waals surface area contributed by atoms with E-state index in [4.69, 9.17) is 26.7 Å². The highest BCUT2D eigenvalue weighted by Gasteiger charge is 2.18. The van der Waals surface area contributed by atoms with Crippen LogP contribution < -0.4 is 0 Å². The first-order valence-electron chi connectivity index (χ1n) is 21.9. The van der Waals surface area contributed by atoms with Gasteiger partial charge in [-0.15, -0.1) is 0 Å². The van der Waals surface area contributed by atoms with E-state index in [0.29, 0.717) is 33.7 Å². The van der Waals surface area contributed by atoms with E-state index in [1.807, 2.05) is 97.1 Å². The number of nitrogens with zero attached hydrogens (tertiary/aromatic N) is 3. The molecule has 3 heterocycles. The fourth-order valence-electron chi connectivity index (χ4n) is 6.48. The van der Waals surface area contributed by atoms with Crippen LogP contribution in [0, 0.1) is 0 Å². The summed E-state index contributed by atoms with van der Waals surface area (Å²) in [6, 6.07) is 24.8. The van der Waals surface area contributed by atoms with E-state index in [2.05, 4.69) is 0 Å². The molecule has 0 saturated heterocycles. The maximum absolute atomic E-state index is 9.88. The van der Waals surface area contributed by atoms with E-state index in [0.717, 1.165) is 26.5 Å². The average Bonchev–Trinajstić information content (AvgIpc) is 3.86. The van der Waals surface area contributed by atoms with Gasteiger partial charge < -0.3 is 8.98 Å². The lowest BCUT2D eigenvalue weighted by molar-refractivity contribution is 0.670. The van der Waals surface area contributed by atoms with E-state index in [-0.39, 0.29) is 33.2 Å². The van der Waals surface area contributed by atoms with Crippen LogP contribution in [0.4, 0.5) is 0 Å². The zero-order chi connectivity index (χ0) is 43.5. The van der Waals surface area contributed by atoms with E-state index in [9.17, 15) is 4.11 Å². The molecule has 0 amide bonds. The van der Waals surface area contributed by atoms with E-state index >= 15 is 0 Å². The Hall–Kier alpha value is -6.78. The highest BCUT2D eigenvalue weighted by Crippen LogP contribution is 2.39. The summed E-state index contributed by atoms with van der Waals surface area (Å²) in [5.41, 5.74) is 3.65. The summed E-state index contributed by atoms with van der Waals surface area (Å²) in [6.07, 6.45) is 0. The van der Waals surface area contributed by atoms with Crippen molar-refractivity contribution in [3.05, 3.63) is 176 Å². The van der Waals surface area contributed by atoms with Gasteiger partial charge in [0.05, 0.1) is 38.9 Å². The second-order valence-corrected chi connectivity index (χ2v) is 11.7. The van der Waals surface area contributed by atoms with Gasteiger partial charge in [0.25, 0.3) is 0 Å². The van der Waals surface area contributed by atoms with Crippen LogP contribution in [0.25, 0.3) is 94.5 Å². The first kappa shape index (κ1) is 18.7. The molecular formula is C46H29N3O. The predicted molar refractivity (Wildman–Crippen MR) is 205 cm³/mol. The van der Waals surface area contributed by atoms with Gasteiger partial charge >= 0.3 is 0 Å². The molecule has 0 unspecified atom stereocenters. The molecule has 0 fully saturated rings. The summed E-state index contributed by atoms with van der Waals surface area (Å²) in [5, 5.41) is 1.22. The fraction of sp³-hybridized carbons (Fsp3) is 0. The maximum atomic E-state index is 9.88. The van der Waals surface area contributed by atoms with Gasteiger partial charge in [-0.1, -0.05) is 127 Å². The normalized spacial score (nSPS) is 15.0. The Morgan fingerprint density at radius 3 is 2.14 bits per heavy atom. The molecule has 4 heteroatoms. The van der Waals surface area contributed by atoms with Crippen LogP contribution in [0.15, 0.2) is 180 Å².